The van der Waals surface area contributed by atoms with Gasteiger partial charge in [-0.05, 0) is 57.8 Å². The lowest BCUT2D eigenvalue weighted by atomic mass is 10.0. The number of amides is 1. The van der Waals surface area contributed by atoms with Gasteiger partial charge in [-0.25, -0.2) is 0 Å². The zero-order valence-electron chi connectivity index (χ0n) is 33.0. The molecule has 2 atom stereocenters. The van der Waals surface area contributed by atoms with Crippen molar-refractivity contribution >= 4 is 16.0 Å². The van der Waals surface area contributed by atoms with Crippen molar-refractivity contribution in [2.45, 2.75) is 206 Å². The van der Waals surface area contributed by atoms with Crippen molar-refractivity contribution in [3.8, 4) is 0 Å². The predicted octanol–water partition coefficient (Wildman–Crippen LogP) is 12.5. The van der Waals surface area contributed by atoms with E-state index in [1.165, 1.54) is 96.3 Å². The summed E-state index contributed by atoms with van der Waals surface area (Å²) in [7, 11) is -4.35. The molecule has 3 N–H and O–H groups in total. The molecular formula is C44H79NO5S. The van der Waals surface area contributed by atoms with Crippen molar-refractivity contribution in [2.24, 2.45) is 0 Å². The maximum absolute atomic E-state index is 12.5. The topological polar surface area (TPSA) is 104 Å². The zero-order chi connectivity index (χ0) is 37.5. The maximum Gasteiger partial charge on any atom is 0.267 e. The van der Waals surface area contributed by atoms with Crippen molar-refractivity contribution in [3.63, 3.8) is 0 Å². The summed E-state index contributed by atoms with van der Waals surface area (Å²) in [5.74, 6) is -1.01. The molecule has 0 aromatic rings. The number of hydrogen-bond acceptors (Lipinski definition) is 4. The first kappa shape index (κ1) is 49.0. The summed E-state index contributed by atoms with van der Waals surface area (Å²) in [6, 6.07) is -1.07. The molecule has 0 fully saturated rings. The van der Waals surface area contributed by atoms with Crippen molar-refractivity contribution < 1.29 is 22.9 Å². The smallest absolute Gasteiger partial charge is 0.267 e. The minimum Gasteiger partial charge on any atom is -0.387 e. The Hall–Kier alpha value is -1.96. The van der Waals surface area contributed by atoms with Crippen LogP contribution in [0.1, 0.15) is 194 Å². The van der Waals surface area contributed by atoms with Gasteiger partial charge in [0.05, 0.1) is 17.9 Å². The minimum absolute atomic E-state index is 0.266. The number of carbonyl (C=O) groups is 1. The van der Waals surface area contributed by atoms with Crippen LogP contribution in [0.4, 0.5) is 0 Å². The number of nitrogens with one attached hydrogen (secondary N) is 1. The van der Waals surface area contributed by atoms with E-state index in [9.17, 15) is 22.9 Å². The Morgan fingerprint density at radius 2 is 0.941 bits per heavy atom. The van der Waals surface area contributed by atoms with Crippen LogP contribution in [0.5, 0.6) is 0 Å². The molecule has 0 aliphatic heterocycles. The molecule has 296 valence electrons. The molecule has 0 bridgehead atoms. The number of aliphatic hydroxyl groups excluding tert-OH is 1. The quantitative estimate of drug-likeness (QED) is 0.0335. The molecule has 0 heterocycles. The van der Waals surface area contributed by atoms with Crippen LogP contribution in [-0.2, 0) is 14.9 Å². The molecule has 0 spiro atoms. The van der Waals surface area contributed by atoms with Crippen LogP contribution >= 0.6 is 0 Å². The molecule has 0 aliphatic carbocycles. The third-order valence-electron chi connectivity index (χ3n) is 9.20. The zero-order valence-corrected chi connectivity index (χ0v) is 33.8. The normalized spacial score (nSPS) is 13.9. The van der Waals surface area contributed by atoms with E-state index in [2.05, 4.69) is 67.8 Å². The number of allylic oxidation sites excluding steroid dienone is 9. The molecule has 0 rings (SSSR count). The summed E-state index contributed by atoms with van der Waals surface area (Å²) in [6.07, 6.45) is 52.0. The van der Waals surface area contributed by atoms with E-state index in [-0.39, 0.29) is 12.3 Å². The number of unbranched alkanes of at least 4 members (excludes halogenated alkanes) is 21. The monoisotopic (exact) mass is 734 g/mol. The predicted molar refractivity (Wildman–Crippen MR) is 221 cm³/mol. The molecule has 7 heteroatoms. The van der Waals surface area contributed by atoms with Gasteiger partial charge < -0.3 is 10.4 Å². The fourth-order valence-corrected chi connectivity index (χ4v) is 6.82. The average molecular weight is 734 g/mol. The van der Waals surface area contributed by atoms with Gasteiger partial charge in [-0.15, -0.1) is 0 Å². The summed E-state index contributed by atoms with van der Waals surface area (Å²) >= 11 is 0. The highest BCUT2D eigenvalue weighted by Crippen LogP contribution is 2.15. The Morgan fingerprint density at radius 1 is 0.549 bits per heavy atom. The maximum atomic E-state index is 12.5. The minimum atomic E-state index is -4.35. The molecular weight excluding hydrogens is 655 g/mol. The van der Waals surface area contributed by atoms with Crippen LogP contribution in [0.3, 0.4) is 0 Å². The Kier molecular flexibility index (Phi) is 36.3. The van der Waals surface area contributed by atoms with Crippen LogP contribution in [0.25, 0.3) is 0 Å². The molecule has 0 saturated carbocycles. The molecule has 1 amide bonds. The molecule has 0 aromatic heterocycles. The third kappa shape index (κ3) is 39.1. The van der Waals surface area contributed by atoms with Gasteiger partial charge in [-0.1, -0.05) is 190 Å². The highest BCUT2D eigenvalue weighted by atomic mass is 32.2. The number of aliphatic hydroxyl groups is 1. The lowest BCUT2D eigenvalue weighted by molar-refractivity contribution is -0.122. The molecule has 2 unspecified atom stereocenters. The fourth-order valence-electron chi connectivity index (χ4n) is 6.09. The largest absolute Gasteiger partial charge is 0.387 e. The van der Waals surface area contributed by atoms with E-state index in [0.717, 1.165) is 70.6 Å². The molecule has 51 heavy (non-hydrogen) atoms. The second-order valence-corrected chi connectivity index (χ2v) is 15.7. The highest BCUT2D eigenvalue weighted by Gasteiger charge is 2.24. The van der Waals surface area contributed by atoms with Gasteiger partial charge >= 0.3 is 0 Å². The summed E-state index contributed by atoms with van der Waals surface area (Å²) in [5, 5.41) is 13.2. The third-order valence-corrected chi connectivity index (χ3v) is 9.98. The summed E-state index contributed by atoms with van der Waals surface area (Å²) < 4.78 is 32.5. The second-order valence-electron chi connectivity index (χ2n) is 14.2. The van der Waals surface area contributed by atoms with Gasteiger partial charge in [0, 0.05) is 6.42 Å². The van der Waals surface area contributed by atoms with E-state index < -0.39 is 28.0 Å². The first-order chi connectivity index (χ1) is 24.8. The number of rotatable bonds is 37. The first-order valence-corrected chi connectivity index (χ1v) is 22.6. The highest BCUT2D eigenvalue weighted by molar-refractivity contribution is 7.85. The Bertz CT molecular complexity index is 1030. The Balaban J connectivity index is 3.96. The average Bonchev–Trinajstić information content (AvgIpc) is 3.09. The molecule has 6 nitrogen and oxygen atoms in total. The van der Waals surface area contributed by atoms with Gasteiger partial charge in [0.2, 0.25) is 5.91 Å². The Labute approximate surface area is 315 Å². The van der Waals surface area contributed by atoms with Gasteiger partial charge in [0.25, 0.3) is 10.1 Å². The van der Waals surface area contributed by atoms with E-state index >= 15 is 0 Å². The van der Waals surface area contributed by atoms with Gasteiger partial charge in [0.1, 0.15) is 0 Å². The van der Waals surface area contributed by atoms with Gasteiger partial charge in [-0.3, -0.25) is 9.35 Å². The van der Waals surface area contributed by atoms with E-state index in [1.807, 2.05) is 6.08 Å². The first-order valence-electron chi connectivity index (χ1n) is 21.0. The van der Waals surface area contributed by atoms with Gasteiger partial charge in [0.15, 0.2) is 0 Å². The van der Waals surface area contributed by atoms with Crippen LogP contribution < -0.4 is 5.32 Å². The van der Waals surface area contributed by atoms with Crippen molar-refractivity contribution in [1.29, 1.82) is 0 Å². The van der Waals surface area contributed by atoms with Crippen molar-refractivity contribution in [3.05, 3.63) is 60.8 Å². The summed E-state index contributed by atoms with van der Waals surface area (Å²) in [6.45, 7) is 4.41. The van der Waals surface area contributed by atoms with Crippen LogP contribution in [-0.4, -0.2) is 41.9 Å². The SMILES string of the molecule is CC/C=C\C/C=C\C/C=C\C/C=C\CCCCCCC(=O)NC(CS(=O)(=O)O)C(O)/C=C/CCCCCCCCCCCCCCCCCCC. The number of hydrogen-bond donors (Lipinski definition) is 3. The van der Waals surface area contributed by atoms with Crippen molar-refractivity contribution in [1.82, 2.24) is 5.32 Å². The molecule has 0 aliphatic rings. The van der Waals surface area contributed by atoms with Crippen LogP contribution in [0, 0.1) is 0 Å². The fraction of sp³-hybridized carbons (Fsp3) is 0.750. The summed E-state index contributed by atoms with van der Waals surface area (Å²) in [4.78, 5) is 12.5. The molecule has 0 saturated heterocycles. The van der Waals surface area contributed by atoms with Crippen molar-refractivity contribution in [2.75, 3.05) is 5.75 Å². The summed E-state index contributed by atoms with van der Waals surface area (Å²) in [5.41, 5.74) is 0. The van der Waals surface area contributed by atoms with Gasteiger partial charge in [-0.2, -0.15) is 8.42 Å². The molecule has 0 aromatic carbocycles. The van der Waals surface area contributed by atoms with E-state index in [0.29, 0.717) is 6.42 Å². The standard InChI is InChI=1S/C44H79NO5S/c1-3-5-7-9-11-13-15-17-19-21-22-24-25-27-29-31-33-35-37-39-43(46)42(41-51(48,49)50)45-44(47)40-38-36-34-32-30-28-26-23-20-18-16-14-12-10-8-6-4-2/h6,8,12,14,18,20,26,28,37,39,42-43,46H,3-5,7,9-11,13,15-17,19,21-25,27,29-36,38,40-41H2,1-2H3,(H,45,47)(H,48,49,50)/b8-6-,14-12-,20-18-,28-26-,39-37+. The van der Waals surface area contributed by atoms with E-state index in [4.69, 9.17) is 0 Å². The van der Waals surface area contributed by atoms with Crippen LogP contribution in [0.15, 0.2) is 60.8 Å². The number of carbonyl (C=O) groups excluding carboxylic acids is 1. The lowest BCUT2D eigenvalue weighted by Crippen LogP contribution is -2.46. The Morgan fingerprint density at radius 3 is 1.39 bits per heavy atom. The van der Waals surface area contributed by atoms with E-state index in [1.54, 1.807) is 6.08 Å². The van der Waals surface area contributed by atoms with Crippen LogP contribution in [0.2, 0.25) is 0 Å². The second kappa shape index (κ2) is 37.8. The lowest BCUT2D eigenvalue weighted by Gasteiger charge is -2.21. The molecule has 0 radical (unpaired) electrons.